The Morgan fingerprint density at radius 1 is 1.03 bits per heavy atom. The van der Waals surface area contributed by atoms with Gasteiger partial charge in [0, 0.05) is 11.6 Å². The van der Waals surface area contributed by atoms with Gasteiger partial charge in [0.15, 0.2) is 0 Å². The summed E-state index contributed by atoms with van der Waals surface area (Å²) in [5.41, 5.74) is 0.529. The lowest BCUT2D eigenvalue weighted by atomic mass is 9.99. The van der Waals surface area contributed by atoms with E-state index in [0.717, 1.165) is 17.0 Å². The topological polar surface area (TPSA) is 128 Å². The maximum atomic E-state index is 14.2. The Morgan fingerprint density at radius 2 is 1.75 bits per heavy atom. The largest absolute Gasteiger partial charge is 0.480 e. The van der Waals surface area contributed by atoms with Crippen LogP contribution in [0.25, 0.3) is 0 Å². The van der Waals surface area contributed by atoms with Crippen molar-refractivity contribution in [3.05, 3.63) is 89.5 Å². The van der Waals surface area contributed by atoms with Gasteiger partial charge in [0.1, 0.15) is 23.7 Å². The maximum Gasteiger partial charge on any atom is 0.327 e. The lowest BCUT2D eigenvalue weighted by Crippen LogP contribution is -2.47. The van der Waals surface area contributed by atoms with E-state index in [1.165, 1.54) is 25.1 Å². The minimum atomic E-state index is -1.23. The predicted molar refractivity (Wildman–Crippen MR) is 127 cm³/mol. The summed E-state index contributed by atoms with van der Waals surface area (Å²) in [5, 5.41) is 16.4. The third kappa shape index (κ3) is 4.85. The fourth-order valence-electron chi connectivity index (χ4n) is 3.72. The van der Waals surface area contributed by atoms with Gasteiger partial charge in [0.25, 0.3) is 11.8 Å². The molecule has 0 saturated heterocycles. The number of nitrogens with zero attached hydrogens (tertiary/aromatic N) is 1. The van der Waals surface area contributed by atoms with Gasteiger partial charge < -0.3 is 21.1 Å². The number of fused-ring (bicyclic) bond motifs is 1. The molecule has 0 saturated carbocycles. The molecule has 9 nitrogen and oxygen atoms in total. The highest BCUT2D eigenvalue weighted by atomic mass is 19.1. The molecule has 4 rings (SSSR count). The van der Waals surface area contributed by atoms with E-state index in [1.54, 1.807) is 30.3 Å². The first kappa shape index (κ1) is 24.3. The van der Waals surface area contributed by atoms with Crippen LogP contribution in [0.4, 0.5) is 30.6 Å². The van der Waals surface area contributed by atoms with E-state index in [1.807, 2.05) is 0 Å². The van der Waals surface area contributed by atoms with Crippen molar-refractivity contribution in [2.45, 2.75) is 19.0 Å². The Balaban J connectivity index is 1.74. The van der Waals surface area contributed by atoms with Crippen LogP contribution in [0.15, 0.2) is 66.7 Å². The Hall–Kier alpha value is -4.80. The van der Waals surface area contributed by atoms with E-state index < -0.39 is 47.5 Å². The Labute approximate surface area is 203 Å². The normalized spacial score (nSPS) is 15.4. The standard InChI is InChI=1S/C25H20F2N4O5/c1-13(24(34)35)28-22(32)15-7-10-20-19(11-15)29-23(33)21(14-5-3-2-4-6-14)31(20)25(36)30-18-9-8-16(26)12-17(18)27/h2-13,21H,1H3,(H,28,32)(H,29,33)(H,30,36)(H,34,35). The SMILES string of the molecule is CC(NC(=O)c1ccc2c(c1)NC(=O)C(c1ccccc1)N2C(=O)Nc1ccc(F)cc1F)C(=O)O. The van der Waals surface area contributed by atoms with Gasteiger partial charge in [0.05, 0.1) is 17.1 Å². The third-order valence-corrected chi connectivity index (χ3v) is 5.51. The molecule has 3 aromatic rings. The van der Waals surface area contributed by atoms with Crippen LogP contribution < -0.4 is 20.9 Å². The maximum absolute atomic E-state index is 14.2. The summed E-state index contributed by atoms with van der Waals surface area (Å²) >= 11 is 0. The van der Waals surface area contributed by atoms with Gasteiger partial charge in [-0.1, -0.05) is 30.3 Å². The molecule has 3 aromatic carbocycles. The van der Waals surface area contributed by atoms with Crippen molar-refractivity contribution in [2.24, 2.45) is 0 Å². The zero-order chi connectivity index (χ0) is 26.0. The predicted octanol–water partition coefficient (Wildman–Crippen LogP) is 3.90. The number of rotatable bonds is 5. The molecule has 2 atom stereocenters. The molecular weight excluding hydrogens is 474 g/mol. The number of nitrogens with one attached hydrogen (secondary N) is 3. The van der Waals surface area contributed by atoms with E-state index in [-0.39, 0.29) is 22.6 Å². The number of benzene rings is 3. The second-order valence-corrected chi connectivity index (χ2v) is 7.99. The molecule has 36 heavy (non-hydrogen) atoms. The number of hydrogen-bond acceptors (Lipinski definition) is 4. The van der Waals surface area contributed by atoms with E-state index >= 15 is 0 Å². The third-order valence-electron chi connectivity index (χ3n) is 5.51. The molecule has 1 aliphatic rings. The van der Waals surface area contributed by atoms with Crippen LogP contribution >= 0.6 is 0 Å². The molecule has 1 aliphatic heterocycles. The van der Waals surface area contributed by atoms with Gasteiger partial charge >= 0.3 is 12.0 Å². The van der Waals surface area contributed by atoms with Crippen LogP contribution in [0.5, 0.6) is 0 Å². The second-order valence-electron chi connectivity index (χ2n) is 7.99. The average Bonchev–Trinajstić information content (AvgIpc) is 2.84. The number of carboxylic acids is 1. The molecule has 2 unspecified atom stereocenters. The van der Waals surface area contributed by atoms with Crippen molar-refractivity contribution in [3.63, 3.8) is 0 Å². The average molecular weight is 494 g/mol. The van der Waals surface area contributed by atoms with Crippen molar-refractivity contribution in [1.29, 1.82) is 0 Å². The minimum Gasteiger partial charge on any atom is -0.480 e. The highest BCUT2D eigenvalue weighted by Crippen LogP contribution is 2.39. The van der Waals surface area contributed by atoms with Gasteiger partial charge in [-0.3, -0.25) is 19.3 Å². The van der Waals surface area contributed by atoms with E-state index in [4.69, 9.17) is 5.11 Å². The fourth-order valence-corrected chi connectivity index (χ4v) is 3.72. The van der Waals surface area contributed by atoms with Crippen LogP contribution in [-0.2, 0) is 9.59 Å². The first-order valence-electron chi connectivity index (χ1n) is 10.7. The summed E-state index contributed by atoms with van der Waals surface area (Å²) < 4.78 is 27.6. The van der Waals surface area contributed by atoms with Crippen LogP contribution in [0, 0.1) is 11.6 Å². The smallest absolute Gasteiger partial charge is 0.327 e. The van der Waals surface area contributed by atoms with Gasteiger partial charge in [-0.2, -0.15) is 0 Å². The molecule has 0 aromatic heterocycles. The molecule has 0 bridgehead atoms. The molecular formula is C25H20F2N4O5. The summed E-state index contributed by atoms with van der Waals surface area (Å²) in [6, 6.07) is 11.9. The van der Waals surface area contributed by atoms with Crippen molar-refractivity contribution < 1.29 is 33.1 Å². The van der Waals surface area contributed by atoms with Crippen molar-refractivity contribution in [3.8, 4) is 0 Å². The molecule has 4 N–H and O–H groups in total. The molecule has 4 amide bonds. The Morgan fingerprint density at radius 3 is 2.42 bits per heavy atom. The summed E-state index contributed by atoms with van der Waals surface area (Å²) in [6.45, 7) is 1.30. The highest BCUT2D eigenvalue weighted by molar-refractivity contribution is 6.15. The summed E-state index contributed by atoms with van der Waals surface area (Å²) in [6.07, 6.45) is 0. The number of hydrogen-bond donors (Lipinski definition) is 4. The van der Waals surface area contributed by atoms with E-state index in [2.05, 4.69) is 16.0 Å². The number of carbonyl (C=O) groups excluding carboxylic acids is 3. The number of carboxylic acid groups (broad SMARTS) is 1. The fraction of sp³-hybridized carbons (Fsp3) is 0.120. The zero-order valence-corrected chi connectivity index (χ0v) is 18.8. The van der Waals surface area contributed by atoms with Gasteiger partial charge in [-0.15, -0.1) is 0 Å². The number of carbonyl (C=O) groups is 4. The Bertz CT molecular complexity index is 1370. The highest BCUT2D eigenvalue weighted by Gasteiger charge is 2.38. The number of urea groups is 1. The molecule has 0 fully saturated rings. The molecule has 11 heteroatoms. The summed E-state index contributed by atoms with van der Waals surface area (Å²) in [7, 11) is 0. The number of halogens is 2. The number of aliphatic carboxylic acids is 1. The zero-order valence-electron chi connectivity index (χ0n) is 18.8. The summed E-state index contributed by atoms with van der Waals surface area (Å²) in [4.78, 5) is 51.2. The van der Waals surface area contributed by atoms with Crippen LogP contribution in [0.3, 0.4) is 0 Å². The number of amides is 4. The van der Waals surface area contributed by atoms with Crippen molar-refractivity contribution in [1.82, 2.24) is 5.32 Å². The summed E-state index contributed by atoms with van der Waals surface area (Å²) in [5.74, 6) is -4.34. The van der Waals surface area contributed by atoms with E-state index in [9.17, 15) is 28.0 Å². The van der Waals surface area contributed by atoms with Crippen LogP contribution in [0.2, 0.25) is 0 Å². The number of anilines is 3. The monoisotopic (exact) mass is 494 g/mol. The van der Waals surface area contributed by atoms with Crippen molar-refractivity contribution in [2.75, 3.05) is 15.5 Å². The van der Waals surface area contributed by atoms with Crippen LogP contribution in [-0.4, -0.2) is 35.0 Å². The molecule has 184 valence electrons. The quantitative estimate of drug-likeness (QED) is 0.428. The lowest BCUT2D eigenvalue weighted by molar-refractivity contribution is -0.138. The lowest BCUT2D eigenvalue weighted by Gasteiger charge is -2.36. The molecule has 0 aliphatic carbocycles. The first-order valence-corrected chi connectivity index (χ1v) is 10.7. The van der Waals surface area contributed by atoms with E-state index in [0.29, 0.717) is 11.6 Å². The van der Waals surface area contributed by atoms with Gasteiger partial charge in [0.2, 0.25) is 0 Å². The van der Waals surface area contributed by atoms with Crippen LogP contribution in [0.1, 0.15) is 28.9 Å². The minimum absolute atomic E-state index is 0.0465. The second kappa shape index (κ2) is 9.82. The van der Waals surface area contributed by atoms with Gasteiger partial charge in [-0.25, -0.2) is 13.6 Å². The first-order chi connectivity index (χ1) is 17.2. The van der Waals surface area contributed by atoms with Crippen molar-refractivity contribution >= 4 is 40.9 Å². The molecule has 0 spiro atoms. The molecule has 1 heterocycles. The Kier molecular flexibility index (Phi) is 6.64. The molecule has 0 radical (unpaired) electrons. The van der Waals surface area contributed by atoms with Gasteiger partial charge in [-0.05, 0) is 42.8 Å².